The minimum absolute atomic E-state index is 0.0868. The van der Waals surface area contributed by atoms with Crippen molar-refractivity contribution in [2.45, 2.75) is 20.0 Å². The second-order valence-corrected chi connectivity index (χ2v) is 5.39. The van der Waals surface area contributed by atoms with Crippen LogP contribution in [-0.4, -0.2) is 29.1 Å². The topological polar surface area (TPSA) is 43.7 Å². The van der Waals surface area contributed by atoms with E-state index in [1.54, 1.807) is 6.07 Å². The van der Waals surface area contributed by atoms with E-state index in [0.29, 0.717) is 6.54 Å². The SMILES string of the molecule is Cc1ccc(CN(C)Cc2ccc(F)c(B(O)O)c2)cc1. The van der Waals surface area contributed by atoms with Gasteiger partial charge in [0.2, 0.25) is 0 Å². The van der Waals surface area contributed by atoms with Gasteiger partial charge in [-0.1, -0.05) is 42.0 Å². The van der Waals surface area contributed by atoms with Gasteiger partial charge < -0.3 is 10.0 Å². The van der Waals surface area contributed by atoms with Crippen LogP contribution in [0.1, 0.15) is 16.7 Å². The largest absolute Gasteiger partial charge is 0.491 e. The number of benzene rings is 2. The molecule has 0 amide bonds. The summed E-state index contributed by atoms with van der Waals surface area (Å²) in [5.74, 6) is -0.602. The van der Waals surface area contributed by atoms with Crippen molar-refractivity contribution in [2.24, 2.45) is 0 Å². The van der Waals surface area contributed by atoms with E-state index in [9.17, 15) is 4.39 Å². The molecule has 0 aromatic heterocycles. The lowest BCUT2D eigenvalue weighted by Gasteiger charge is -2.17. The van der Waals surface area contributed by atoms with Crippen molar-refractivity contribution in [3.8, 4) is 0 Å². The summed E-state index contributed by atoms with van der Waals surface area (Å²) >= 11 is 0. The van der Waals surface area contributed by atoms with Crippen LogP contribution < -0.4 is 5.46 Å². The Balaban J connectivity index is 2.04. The summed E-state index contributed by atoms with van der Waals surface area (Å²) < 4.78 is 13.4. The van der Waals surface area contributed by atoms with Crippen molar-refractivity contribution in [2.75, 3.05) is 7.05 Å². The van der Waals surface area contributed by atoms with Gasteiger partial charge in [0.05, 0.1) is 0 Å². The zero-order valence-corrected chi connectivity index (χ0v) is 12.3. The monoisotopic (exact) mass is 287 g/mol. The first-order valence-electron chi connectivity index (χ1n) is 6.84. The molecule has 0 bridgehead atoms. The van der Waals surface area contributed by atoms with Crippen molar-refractivity contribution in [3.63, 3.8) is 0 Å². The van der Waals surface area contributed by atoms with Gasteiger partial charge in [0.25, 0.3) is 0 Å². The molecular formula is C16H19BFNO2. The lowest BCUT2D eigenvalue weighted by atomic mass is 9.79. The van der Waals surface area contributed by atoms with E-state index in [4.69, 9.17) is 10.0 Å². The molecule has 2 N–H and O–H groups in total. The normalized spacial score (nSPS) is 11.0. The average Bonchev–Trinajstić information content (AvgIpc) is 2.43. The standard InChI is InChI=1S/C16H19BFNO2/c1-12-3-5-13(6-4-12)10-19(2)11-14-7-8-16(18)15(9-14)17(20)21/h3-9,20-21H,10-11H2,1-2H3. The van der Waals surface area contributed by atoms with Crippen LogP contribution in [0, 0.1) is 12.7 Å². The highest BCUT2D eigenvalue weighted by Gasteiger charge is 2.17. The Morgan fingerprint density at radius 2 is 1.57 bits per heavy atom. The molecule has 2 rings (SSSR count). The maximum Gasteiger partial charge on any atom is 0.491 e. The fraction of sp³-hybridized carbons (Fsp3) is 0.250. The zero-order chi connectivity index (χ0) is 15.4. The summed E-state index contributed by atoms with van der Waals surface area (Å²) in [6.45, 7) is 3.43. The van der Waals surface area contributed by atoms with Crippen LogP contribution in [0.3, 0.4) is 0 Å². The number of hydrogen-bond donors (Lipinski definition) is 2. The molecule has 0 atom stereocenters. The van der Waals surface area contributed by atoms with Crippen molar-refractivity contribution >= 4 is 12.6 Å². The maximum absolute atomic E-state index is 13.4. The minimum Gasteiger partial charge on any atom is -0.423 e. The predicted molar refractivity (Wildman–Crippen MR) is 82.6 cm³/mol. The molecule has 2 aromatic carbocycles. The van der Waals surface area contributed by atoms with Crippen LogP contribution in [0.15, 0.2) is 42.5 Å². The van der Waals surface area contributed by atoms with Crippen LogP contribution in [0.5, 0.6) is 0 Å². The minimum atomic E-state index is -1.78. The highest BCUT2D eigenvalue weighted by molar-refractivity contribution is 6.58. The summed E-state index contributed by atoms with van der Waals surface area (Å²) in [4.78, 5) is 2.09. The third kappa shape index (κ3) is 4.39. The molecule has 0 fully saturated rings. The zero-order valence-electron chi connectivity index (χ0n) is 12.3. The molecule has 0 radical (unpaired) electrons. The average molecular weight is 287 g/mol. The number of halogens is 1. The molecule has 0 aliphatic heterocycles. The highest BCUT2D eigenvalue weighted by Crippen LogP contribution is 2.10. The Labute approximate surface area is 124 Å². The predicted octanol–water partition coefficient (Wildman–Crippen LogP) is 1.45. The molecule has 21 heavy (non-hydrogen) atoms. The molecular weight excluding hydrogens is 268 g/mol. The summed E-state index contributed by atoms with van der Waals surface area (Å²) in [6, 6.07) is 12.7. The molecule has 5 heteroatoms. The van der Waals surface area contributed by atoms with Gasteiger partial charge >= 0.3 is 7.12 Å². The fourth-order valence-corrected chi connectivity index (χ4v) is 2.26. The summed E-state index contributed by atoms with van der Waals surface area (Å²) in [5, 5.41) is 18.3. The third-order valence-corrected chi connectivity index (χ3v) is 3.36. The van der Waals surface area contributed by atoms with Crippen LogP contribution in [-0.2, 0) is 13.1 Å². The van der Waals surface area contributed by atoms with Gasteiger partial charge in [-0.3, -0.25) is 4.90 Å². The summed E-state index contributed by atoms with van der Waals surface area (Å²) in [6.07, 6.45) is 0. The summed E-state index contributed by atoms with van der Waals surface area (Å²) in [5.41, 5.74) is 3.18. The lowest BCUT2D eigenvalue weighted by molar-refractivity contribution is 0.319. The van der Waals surface area contributed by atoms with Gasteiger partial charge in [-0.2, -0.15) is 0 Å². The molecule has 0 saturated carbocycles. The first-order chi connectivity index (χ1) is 9.95. The van der Waals surface area contributed by atoms with Crippen LogP contribution >= 0.6 is 0 Å². The van der Waals surface area contributed by atoms with Gasteiger partial charge in [0, 0.05) is 18.6 Å². The number of nitrogens with zero attached hydrogens (tertiary/aromatic N) is 1. The Morgan fingerprint density at radius 3 is 2.19 bits per heavy atom. The van der Waals surface area contributed by atoms with Gasteiger partial charge in [0.15, 0.2) is 0 Å². The first kappa shape index (κ1) is 15.7. The van der Waals surface area contributed by atoms with E-state index in [2.05, 4.69) is 29.2 Å². The maximum atomic E-state index is 13.4. The molecule has 110 valence electrons. The number of hydrogen-bond acceptors (Lipinski definition) is 3. The van der Waals surface area contributed by atoms with E-state index in [0.717, 1.165) is 12.1 Å². The Hall–Kier alpha value is -1.69. The quantitative estimate of drug-likeness (QED) is 0.818. The Bertz CT molecular complexity index is 602. The van der Waals surface area contributed by atoms with Crippen molar-refractivity contribution in [3.05, 3.63) is 65.0 Å². The lowest BCUT2D eigenvalue weighted by Crippen LogP contribution is -2.33. The van der Waals surface area contributed by atoms with Gasteiger partial charge in [-0.05, 0) is 31.2 Å². The van der Waals surface area contributed by atoms with Crippen LogP contribution in [0.25, 0.3) is 0 Å². The smallest absolute Gasteiger partial charge is 0.423 e. The number of rotatable bonds is 5. The van der Waals surface area contributed by atoms with E-state index >= 15 is 0 Å². The van der Waals surface area contributed by atoms with Gasteiger partial charge in [-0.15, -0.1) is 0 Å². The van der Waals surface area contributed by atoms with Crippen molar-refractivity contribution < 1.29 is 14.4 Å². The second kappa shape index (κ2) is 6.85. The molecule has 0 aliphatic rings. The van der Waals surface area contributed by atoms with E-state index in [-0.39, 0.29) is 5.46 Å². The van der Waals surface area contributed by atoms with Gasteiger partial charge in [-0.25, -0.2) is 4.39 Å². The highest BCUT2D eigenvalue weighted by atomic mass is 19.1. The van der Waals surface area contributed by atoms with Crippen molar-refractivity contribution in [1.29, 1.82) is 0 Å². The molecule has 0 unspecified atom stereocenters. The molecule has 2 aromatic rings. The third-order valence-electron chi connectivity index (χ3n) is 3.36. The fourth-order valence-electron chi connectivity index (χ4n) is 2.26. The van der Waals surface area contributed by atoms with Crippen LogP contribution in [0.4, 0.5) is 4.39 Å². The van der Waals surface area contributed by atoms with E-state index in [1.165, 1.54) is 23.3 Å². The molecule has 0 aliphatic carbocycles. The van der Waals surface area contributed by atoms with Crippen LogP contribution in [0.2, 0.25) is 0 Å². The Kier molecular flexibility index (Phi) is 5.12. The molecule has 3 nitrogen and oxygen atoms in total. The van der Waals surface area contributed by atoms with Crippen molar-refractivity contribution in [1.82, 2.24) is 4.90 Å². The van der Waals surface area contributed by atoms with E-state index in [1.807, 2.05) is 14.0 Å². The molecule has 0 saturated heterocycles. The number of aryl methyl sites for hydroxylation is 1. The summed E-state index contributed by atoms with van der Waals surface area (Å²) in [7, 11) is 0.186. The Morgan fingerprint density at radius 1 is 1.00 bits per heavy atom. The molecule has 0 heterocycles. The van der Waals surface area contributed by atoms with E-state index < -0.39 is 12.9 Å². The first-order valence-corrected chi connectivity index (χ1v) is 6.84. The molecule has 0 spiro atoms. The van der Waals surface area contributed by atoms with Gasteiger partial charge in [0.1, 0.15) is 5.82 Å². The second-order valence-electron chi connectivity index (χ2n) is 5.39.